The fourth-order valence-corrected chi connectivity index (χ4v) is 7.59. The second kappa shape index (κ2) is 12.1. The van der Waals surface area contributed by atoms with Gasteiger partial charge in [0, 0.05) is 22.1 Å². The van der Waals surface area contributed by atoms with Crippen LogP contribution in [0, 0.1) is 11.3 Å². The van der Waals surface area contributed by atoms with Gasteiger partial charge in [0.2, 0.25) is 0 Å². The van der Waals surface area contributed by atoms with Crippen LogP contribution in [0.1, 0.15) is 30.5 Å². The molecule has 9 rings (SSSR count). The van der Waals surface area contributed by atoms with Crippen molar-refractivity contribution in [1.29, 1.82) is 5.26 Å². The van der Waals surface area contributed by atoms with E-state index in [1.54, 1.807) is 0 Å². The molecular formula is C48H33N3. The number of hydrogen-bond acceptors (Lipinski definition) is 3. The first-order valence-corrected chi connectivity index (χ1v) is 17.3. The van der Waals surface area contributed by atoms with Crippen molar-refractivity contribution in [3.05, 3.63) is 180 Å². The molecular weight excluding hydrogens is 619 g/mol. The Balaban J connectivity index is 1.16. The van der Waals surface area contributed by atoms with Crippen LogP contribution in [0.4, 0.5) is 0 Å². The van der Waals surface area contributed by atoms with E-state index in [0.29, 0.717) is 11.4 Å². The van der Waals surface area contributed by atoms with Crippen LogP contribution in [-0.2, 0) is 5.41 Å². The van der Waals surface area contributed by atoms with E-state index in [2.05, 4.69) is 141 Å². The molecule has 7 aromatic carbocycles. The molecule has 3 heteroatoms. The monoisotopic (exact) mass is 651 g/mol. The molecule has 1 aliphatic rings. The van der Waals surface area contributed by atoms with Crippen molar-refractivity contribution in [3.8, 4) is 73.4 Å². The fourth-order valence-electron chi connectivity index (χ4n) is 7.59. The number of benzene rings is 7. The Morgan fingerprint density at radius 2 is 1.04 bits per heavy atom. The predicted octanol–water partition coefficient (Wildman–Crippen LogP) is 12.1. The normalized spacial score (nSPS) is 12.6. The molecule has 3 nitrogen and oxygen atoms in total. The average molecular weight is 652 g/mol. The summed E-state index contributed by atoms with van der Waals surface area (Å²) < 4.78 is 0. The highest BCUT2D eigenvalue weighted by atomic mass is 14.9. The lowest BCUT2D eigenvalue weighted by atomic mass is 9.81. The highest BCUT2D eigenvalue weighted by molar-refractivity contribution is 5.99. The minimum atomic E-state index is -0.107. The maximum atomic E-state index is 9.21. The number of rotatable bonds is 5. The van der Waals surface area contributed by atoms with Crippen LogP contribution in [0.15, 0.2) is 164 Å². The van der Waals surface area contributed by atoms with Crippen LogP contribution in [0.5, 0.6) is 0 Å². The minimum Gasteiger partial charge on any atom is -0.228 e. The molecule has 0 spiro atoms. The SMILES string of the molecule is CC1(C)c2cc3ccccc3cc2-c2c(-c3cccc(-c4cc(-c5ccc(-c6ccc(C#N)cc6)cc5)nc(-c5ccccc5)n4)c3)cccc21. The van der Waals surface area contributed by atoms with Gasteiger partial charge < -0.3 is 0 Å². The number of nitrogens with zero attached hydrogens (tertiary/aromatic N) is 3. The summed E-state index contributed by atoms with van der Waals surface area (Å²) in [5.74, 6) is 0.688. The summed E-state index contributed by atoms with van der Waals surface area (Å²) in [5, 5.41) is 11.7. The molecule has 1 heterocycles. The third-order valence-corrected chi connectivity index (χ3v) is 10.3. The molecule has 0 saturated carbocycles. The van der Waals surface area contributed by atoms with Gasteiger partial charge in [-0.15, -0.1) is 0 Å². The van der Waals surface area contributed by atoms with Gasteiger partial charge in [-0.1, -0.05) is 141 Å². The van der Waals surface area contributed by atoms with Crippen molar-refractivity contribution in [2.75, 3.05) is 0 Å². The minimum absolute atomic E-state index is 0.107. The average Bonchev–Trinajstić information content (AvgIpc) is 3.42. The van der Waals surface area contributed by atoms with E-state index in [-0.39, 0.29) is 5.41 Å². The Kier molecular flexibility index (Phi) is 7.19. The first kappa shape index (κ1) is 30.4. The van der Waals surface area contributed by atoms with Gasteiger partial charge in [0.1, 0.15) is 0 Å². The zero-order chi connectivity index (χ0) is 34.5. The largest absolute Gasteiger partial charge is 0.228 e. The van der Waals surface area contributed by atoms with E-state index in [1.807, 2.05) is 42.5 Å². The van der Waals surface area contributed by atoms with Crippen molar-refractivity contribution in [3.63, 3.8) is 0 Å². The van der Waals surface area contributed by atoms with Crippen molar-refractivity contribution in [2.45, 2.75) is 19.3 Å². The summed E-state index contributed by atoms with van der Waals surface area (Å²) in [6.07, 6.45) is 0. The Labute approximate surface area is 298 Å². The van der Waals surface area contributed by atoms with Crippen LogP contribution in [-0.4, -0.2) is 9.97 Å². The molecule has 1 aromatic heterocycles. The number of hydrogen-bond donors (Lipinski definition) is 0. The molecule has 8 aromatic rings. The molecule has 0 unspecified atom stereocenters. The second-order valence-electron chi connectivity index (χ2n) is 13.8. The fraction of sp³-hybridized carbons (Fsp3) is 0.0625. The van der Waals surface area contributed by atoms with E-state index in [9.17, 15) is 5.26 Å². The first-order chi connectivity index (χ1) is 25.0. The zero-order valence-electron chi connectivity index (χ0n) is 28.4. The summed E-state index contributed by atoms with van der Waals surface area (Å²) in [5.41, 5.74) is 15.2. The van der Waals surface area contributed by atoms with E-state index in [1.165, 1.54) is 38.6 Å². The molecule has 51 heavy (non-hydrogen) atoms. The van der Waals surface area contributed by atoms with Crippen LogP contribution in [0.3, 0.4) is 0 Å². The molecule has 0 radical (unpaired) electrons. The summed E-state index contributed by atoms with van der Waals surface area (Å²) in [4.78, 5) is 10.2. The standard InChI is InChI=1S/C48H33N3/c1-48(2)42-17-9-16-40(46(42)41-27-36-12-6-7-13-37(36)28-43(41)48)38-14-8-15-39(26-38)45-29-44(50-47(51-45)35-10-4-3-5-11-35)34-24-22-33(23-25-34)32-20-18-31(30-49)19-21-32/h3-29H,1-2H3. The third kappa shape index (κ3) is 5.30. The van der Waals surface area contributed by atoms with Gasteiger partial charge in [0.25, 0.3) is 0 Å². The first-order valence-electron chi connectivity index (χ1n) is 17.3. The van der Waals surface area contributed by atoms with E-state index in [4.69, 9.17) is 9.97 Å². The lowest BCUT2D eigenvalue weighted by Gasteiger charge is -2.22. The lowest BCUT2D eigenvalue weighted by molar-refractivity contribution is 0.661. The maximum absolute atomic E-state index is 9.21. The topological polar surface area (TPSA) is 49.6 Å². The van der Waals surface area contributed by atoms with E-state index in [0.717, 1.165) is 44.8 Å². The van der Waals surface area contributed by atoms with Gasteiger partial charge in [0.15, 0.2) is 5.82 Å². The number of nitriles is 1. The Morgan fingerprint density at radius 1 is 0.451 bits per heavy atom. The zero-order valence-corrected chi connectivity index (χ0v) is 28.4. The Morgan fingerprint density at radius 3 is 1.76 bits per heavy atom. The highest BCUT2D eigenvalue weighted by Crippen LogP contribution is 2.53. The molecule has 0 saturated heterocycles. The molecule has 240 valence electrons. The van der Waals surface area contributed by atoms with Crippen molar-refractivity contribution in [1.82, 2.24) is 9.97 Å². The second-order valence-corrected chi connectivity index (χ2v) is 13.8. The summed E-state index contributed by atoms with van der Waals surface area (Å²) in [7, 11) is 0. The smallest absolute Gasteiger partial charge is 0.160 e. The highest BCUT2D eigenvalue weighted by Gasteiger charge is 2.37. The number of fused-ring (bicyclic) bond motifs is 4. The van der Waals surface area contributed by atoms with Gasteiger partial charge >= 0.3 is 0 Å². The van der Waals surface area contributed by atoms with Crippen LogP contribution < -0.4 is 0 Å². The number of aromatic nitrogens is 2. The van der Waals surface area contributed by atoms with Crippen molar-refractivity contribution in [2.24, 2.45) is 0 Å². The van der Waals surface area contributed by atoms with Gasteiger partial charge in [0.05, 0.1) is 23.0 Å². The van der Waals surface area contributed by atoms with Gasteiger partial charge in [-0.2, -0.15) is 5.26 Å². The molecule has 0 N–H and O–H groups in total. The van der Waals surface area contributed by atoms with Crippen molar-refractivity contribution < 1.29 is 0 Å². The third-order valence-electron chi connectivity index (χ3n) is 10.3. The van der Waals surface area contributed by atoms with E-state index < -0.39 is 0 Å². The Hall–Kier alpha value is -6.63. The molecule has 0 fully saturated rings. The van der Waals surface area contributed by atoms with Crippen LogP contribution in [0.2, 0.25) is 0 Å². The van der Waals surface area contributed by atoms with Crippen LogP contribution in [0.25, 0.3) is 78.1 Å². The summed E-state index contributed by atoms with van der Waals surface area (Å²) in [6.45, 7) is 4.69. The maximum Gasteiger partial charge on any atom is 0.160 e. The summed E-state index contributed by atoms with van der Waals surface area (Å²) in [6, 6.07) is 59.6. The van der Waals surface area contributed by atoms with Gasteiger partial charge in [-0.05, 0) is 91.7 Å². The molecule has 1 aliphatic carbocycles. The predicted molar refractivity (Wildman–Crippen MR) is 209 cm³/mol. The molecule has 0 amide bonds. The van der Waals surface area contributed by atoms with Gasteiger partial charge in [-0.3, -0.25) is 0 Å². The molecule has 0 atom stereocenters. The lowest BCUT2D eigenvalue weighted by Crippen LogP contribution is -2.14. The molecule has 0 bridgehead atoms. The molecule has 0 aliphatic heterocycles. The van der Waals surface area contributed by atoms with Gasteiger partial charge in [-0.25, -0.2) is 9.97 Å². The van der Waals surface area contributed by atoms with Crippen molar-refractivity contribution >= 4 is 10.8 Å². The van der Waals surface area contributed by atoms with E-state index >= 15 is 0 Å². The van der Waals surface area contributed by atoms with Crippen LogP contribution >= 0.6 is 0 Å². The Bertz CT molecular complexity index is 2650. The quantitative estimate of drug-likeness (QED) is 0.186. The summed E-state index contributed by atoms with van der Waals surface area (Å²) >= 11 is 0.